The summed E-state index contributed by atoms with van der Waals surface area (Å²) >= 11 is 12.3. The molecule has 14 rings (SSSR count). The van der Waals surface area contributed by atoms with Crippen molar-refractivity contribution in [3.05, 3.63) is 233 Å². The maximum absolute atomic E-state index is 13.5. The number of anilines is 4. The zero-order chi connectivity index (χ0) is 75.3. The fourth-order valence-corrected chi connectivity index (χ4v) is 14.2. The van der Waals surface area contributed by atoms with Crippen LogP contribution in [-0.4, -0.2) is 87.8 Å². The molecule has 6 aliphatic heterocycles. The Balaban J connectivity index is 0.000000142. The number of aryl methyl sites for hydroxylation is 3. The van der Waals surface area contributed by atoms with Crippen LogP contribution < -0.4 is 40.2 Å². The van der Waals surface area contributed by atoms with Gasteiger partial charge in [-0.05, 0) is 271 Å². The van der Waals surface area contributed by atoms with Crippen LogP contribution in [0.3, 0.4) is 0 Å². The van der Waals surface area contributed by atoms with E-state index in [9.17, 15) is 28.0 Å². The van der Waals surface area contributed by atoms with E-state index in [1.54, 1.807) is 44.6 Å². The molecule has 0 unspecified atom stereocenters. The molecule has 14 nitrogen and oxygen atoms in total. The molecule has 546 valence electrons. The highest BCUT2D eigenvalue weighted by Gasteiger charge is 2.31. The van der Waals surface area contributed by atoms with Crippen molar-refractivity contribution in [2.75, 3.05) is 74.9 Å². The molecule has 0 radical (unpaired) electrons. The quantitative estimate of drug-likeness (QED) is 0.0770. The minimum Gasteiger partial charge on any atom is -0.496 e. The van der Waals surface area contributed by atoms with Crippen LogP contribution in [0.2, 0.25) is 10.0 Å². The van der Waals surface area contributed by atoms with Gasteiger partial charge in [0.15, 0.2) is 0 Å². The number of ether oxygens (including phenoxy) is 5. The molecule has 1 fully saturated rings. The van der Waals surface area contributed by atoms with Crippen LogP contribution in [-0.2, 0) is 30.3 Å². The number of carbonyl (C=O) groups excluding carboxylic acids is 4. The van der Waals surface area contributed by atoms with Gasteiger partial charge in [0, 0.05) is 91.3 Å². The van der Waals surface area contributed by atoms with Crippen molar-refractivity contribution in [3.63, 3.8) is 0 Å². The second kappa shape index (κ2) is 32.7. The van der Waals surface area contributed by atoms with Gasteiger partial charge in [0.05, 0.1) is 33.1 Å². The Morgan fingerprint density at radius 2 is 0.905 bits per heavy atom. The van der Waals surface area contributed by atoms with Gasteiger partial charge in [-0.2, -0.15) is 0 Å². The number of carbonyl (C=O) groups is 4. The molecule has 6 aliphatic rings. The molecule has 0 atom stereocenters. The standard InChI is InChI=1S/C27H33ClN2O3.C22H24FNO2.C20H18FNO2.C18H16ClNO2/c1-17(2)21-13-19(15-24-23-16-20(28)5-6-25(23)29-27(24)31)14-22(18(3)4)26(21)33-12-9-30-7-10-32-11-8-30;1-12(2)17-8-14(9-18(13(3)4)21(17)26-5)10-19-16-7-6-15(23)11-20(16)24-22(19)25;1-20(2)8-7-13-9-12(3-6-18(13)24-20)10-16-15-11-14(21)4-5-17(15)22-19(16)23;1-10-6-12(7-11(2)17(10)22-3)8-15-14-9-13(19)4-5-16(14)20-18(15)21/h5-6,13-18H,7-12H2,1-4H3,(H,29,31);6-13H,1-5H3,(H,24,25);3-6,9-11H,7-8H2,1-2H3,(H,22,23);4-9H,1-3H3,(H,20,21). The van der Waals surface area contributed by atoms with E-state index in [0.717, 1.165) is 147 Å². The number of hydrogen-bond donors (Lipinski definition) is 4. The smallest absolute Gasteiger partial charge is 0.256 e. The zero-order valence-electron chi connectivity index (χ0n) is 62.0. The second-order valence-electron chi connectivity index (χ2n) is 28.9. The lowest BCUT2D eigenvalue weighted by atomic mass is 9.90. The Bertz CT molecular complexity index is 4770. The Morgan fingerprint density at radius 1 is 0.486 bits per heavy atom. The molecule has 0 saturated carbocycles. The van der Waals surface area contributed by atoms with Crippen molar-refractivity contribution in [1.82, 2.24) is 4.90 Å². The van der Waals surface area contributed by atoms with E-state index in [1.165, 1.54) is 35.4 Å². The molecule has 4 amide bonds. The normalized spacial score (nSPS) is 16.8. The van der Waals surface area contributed by atoms with Gasteiger partial charge in [-0.25, -0.2) is 8.78 Å². The lowest BCUT2D eigenvalue weighted by molar-refractivity contribution is -0.111. The van der Waals surface area contributed by atoms with Crippen molar-refractivity contribution in [1.29, 1.82) is 0 Å². The zero-order valence-corrected chi connectivity index (χ0v) is 63.5. The molecule has 4 N–H and O–H groups in total. The number of nitrogens with zero attached hydrogens (tertiary/aromatic N) is 1. The predicted octanol–water partition coefficient (Wildman–Crippen LogP) is 20.2. The van der Waals surface area contributed by atoms with Crippen molar-refractivity contribution >= 4 is 116 Å². The minimum absolute atomic E-state index is 0.102. The lowest BCUT2D eigenvalue weighted by Crippen LogP contribution is -2.38. The van der Waals surface area contributed by atoms with Crippen molar-refractivity contribution < 1.29 is 51.6 Å². The number of amides is 4. The molecular weight excluding hydrogens is 1370 g/mol. The van der Waals surface area contributed by atoms with Crippen LogP contribution in [0.4, 0.5) is 31.5 Å². The highest BCUT2D eigenvalue weighted by atomic mass is 35.5. The van der Waals surface area contributed by atoms with Gasteiger partial charge < -0.3 is 45.0 Å². The van der Waals surface area contributed by atoms with E-state index < -0.39 is 0 Å². The molecule has 0 spiro atoms. The number of nitrogens with one attached hydrogen (secondary N) is 4. The van der Waals surface area contributed by atoms with Crippen LogP contribution in [0.5, 0.6) is 23.0 Å². The van der Waals surface area contributed by atoms with Gasteiger partial charge in [0.25, 0.3) is 23.6 Å². The summed E-state index contributed by atoms with van der Waals surface area (Å²) in [5.74, 6) is 3.50. The van der Waals surface area contributed by atoms with Crippen LogP contribution in [0, 0.1) is 25.5 Å². The number of halogens is 4. The highest BCUT2D eigenvalue weighted by Crippen LogP contribution is 2.44. The number of rotatable bonds is 14. The molecular formula is C87H91Cl2F2N5O9. The number of benzene rings is 8. The van der Waals surface area contributed by atoms with E-state index in [1.807, 2.05) is 86.7 Å². The molecule has 8 aromatic carbocycles. The van der Waals surface area contributed by atoms with E-state index in [0.29, 0.717) is 79.6 Å². The maximum Gasteiger partial charge on any atom is 0.256 e. The summed E-state index contributed by atoms with van der Waals surface area (Å²) in [5, 5.41) is 12.5. The SMILES string of the molecule is CC(C)c1cc(C=C2C(=O)Nc3ccc(Cl)cc32)cc(C(C)C)c1OCCN1CCOCC1.CC1(C)CCc2cc(C=C3C(=O)Nc4ccc(F)cc43)ccc2O1.COc1c(C(C)C)cc(C=C2C(=O)Nc3cc(F)ccc32)cc1C(C)C.COc1c(C)cc(C=C2C(=O)Nc3ccc(Cl)cc32)cc1C. The van der Waals surface area contributed by atoms with Gasteiger partial charge >= 0.3 is 0 Å². The first-order valence-corrected chi connectivity index (χ1v) is 36.4. The van der Waals surface area contributed by atoms with E-state index in [4.69, 9.17) is 46.9 Å². The van der Waals surface area contributed by atoms with Crippen LogP contribution >= 0.6 is 23.2 Å². The van der Waals surface area contributed by atoms with E-state index in [-0.39, 0.29) is 40.9 Å². The number of morpholine rings is 1. The average Bonchev–Trinajstić information content (AvgIpc) is 1.64. The van der Waals surface area contributed by atoms with Gasteiger partial charge in [-0.1, -0.05) is 84.7 Å². The van der Waals surface area contributed by atoms with Crippen molar-refractivity contribution in [2.45, 2.75) is 125 Å². The van der Waals surface area contributed by atoms with Crippen LogP contribution in [0.25, 0.3) is 46.6 Å². The van der Waals surface area contributed by atoms with Gasteiger partial charge in [0.2, 0.25) is 0 Å². The third-order valence-corrected chi connectivity index (χ3v) is 19.7. The van der Waals surface area contributed by atoms with Crippen molar-refractivity contribution in [2.24, 2.45) is 0 Å². The van der Waals surface area contributed by atoms with Gasteiger partial charge in [0.1, 0.15) is 46.8 Å². The monoisotopic (exact) mass is 1460 g/mol. The maximum atomic E-state index is 13.5. The molecule has 0 aromatic heterocycles. The first kappa shape index (κ1) is 76.3. The lowest BCUT2D eigenvalue weighted by Gasteiger charge is -2.32. The fourth-order valence-electron chi connectivity index (χ4n) is 13.8. The highest BCUT2D eigenvalue weighted by molar-refractivity contribution is 6.38. The second-order valence-corrected chi connectivity index (χ2v) is 29.8. The van der Waals surface area contributed by atoms with Crippen molar-refractivity contribution in [3.8, 4) is 23.0 Å². The predicted molar refractivity (Wildman–Crippen MR) is 422 cm³/mol. The molecule has 8 aromatic rings. The summed E-state index contributed by atoms with van der Waals surface area (Å²) in [6, 6.07) is 38.0. The summed E-state index contributed by atoms with van der Waals surface area (Å²) in [5.41, 5.74) is 19.5. The number of methoxy groups -OCH3 is 2. The summed E-state index contributed by atoms with van der Waals surface area (Å²) in [6.45, 7) is 30.4. The average molecular weight is 1460 g/mol. The molecule has 105 heavy (non-hydrogen) atoms. The van der Waals surface area contributed by atoms with Crippen LogP contribution in [0.15, 0.2) is 127 Å². The molecule has 0 bridgehead atoms. The van der Waals surface area contributed by atoms with E-state index >= 15 is 0 Å². The molecule has 18 heteroatoms. The number of fused-ring (bicyclic) bond motifs is 5. The summed E-state index contributed by atoms with van der Waals surface area (Å²) < 4.78 is 55.8. The summed E-state index contributed by atoms with van der Waals surface area (Å²) in [6.07, 6.45) is 9.42. The Kier molecular flexibility index (Phi) is 23.7. The molecule has 1 saturated heterocycles. The first-order chi connectivity index (χ1) is 50.0. The largest absolute Gasteiger partial charge is 0.496 e. The first-order valence-electron chi connectivity index (χ1n) is 35.7. The van der Waals surface area contributed by atoms with Gasteiger partial charge in [-0.15, -0.1) is 0 Å². The Morgan fingerprint density at radius 3 is 1.39 bits per heavy atom. The third kappa shape index (κ3) is 17.8. The summed E-state index contributed by atoms with van der Waals surface area (Å²) in [7, 11) is 3.36. The fraction of sp³-hybridized carbons (Fsp3) is 0.310. The third-order valence-electron chi connectivity index (χ3n) is 19.2. The molecule has 0 aliphatic carbocycles. The number of hydrogen-bond acceptors (Lipinski definition) is 10. The van der Waals surface area contributed by atoms with Crippen LogP contribution in [0.1, 0.15) is 183 Å². The molecule has 6 heterocycles. The van der Waals surface area contributed by atoms with E-state index in [2.05, 4.69) is 120 Å². The Hall–Kier alpha value is -9.84. The topological polar surface area (TPSA) is 166 Å². The Labute approximate surface area is 624 Å². The van der Waals surface area contributed by atoms with Gasteiger partial charge in [-0.3, -0.25) is 24.1 Å². The minimum atomic E-state index is -0.362. The summed E-state index contributed by atoms with van der Waals surface area (Å²) in [4.78, 5) is 51.8.